The summed E-state index contributed by atoms with van der Waals surface area (Å²) in [4.78, 5) is 13.7. The third-order valence-corrected chi connectivity index (χ3v) is 4.83. The third kappa shape index (κ3) is 3.48. The van der Waals surface area contributed by atoms with Gasteiger partial charge < -0.3 is 18.8 Å². The van der Waals surface area contributed by atoms with Crippen molar-refractivity contribution in [3.05, 3.63) is 53.8 Å². The van der Waals surface area contributed by atoms with Crippen LogP contribution in [0.15, 0.2) is 47.1 Å². The van der Waals surface area contributed by atoms with Gasteiger partial charge in [0.25, 0.3) is 0 Å². The van der Waals surface area contributed by atoms with Crippen molar-refractivity contribution in [1.29, 1.82) is 0 Å². The molecule has 0 aliphatic rings. The molecule has 0 radical (unpaired) electrons. The SMILES string of the molecule is COc1cccc(-c2coc3c(C)c(OC)c(/C(C)=C/C(=O)N(C)C)cc23)c1. The van der Waals surface area contributed by atoms with Gasteiger partial charge in [0.1, 0.15) is 17.1 Å². The molecule has 2 aromatic carbocycles. The van der Waals surface area contributed by atoms with Crippen LogP contribution in [-0.2, 0) is 4.79 Å². The molecule has 0 unspecified atom stereocenters. The number of rotatable bonds is 5. The number of furan rings is 1. The Kier molecular flexibility index (Phi) is 5.45. The summed E-state index contributed by atoms with van der Waals surface area (Å²) in [7, 11) is 6.74. The van der Waals surface area contributed by atoms with E-state index in [2.05, 4.69) is 0 Å². The number of carbonyl (C=O) groups excluding carboxylic acids is 1. The number of methoxy groups -OCH3 is 2. The highest BCUT2D eigenvalue weighted by Gasteiger charge is 2.19. The molecule has 0 saturated carbocycles. The smallest absolute Gasteiger partial charge is 0.246 e. The largest absolute Gasteiger partial charge is 0.497 e. The Morgan fingerprint density at radius 3 is 2.54 bits per heavy atom. The Morgan fingerprint density at radius 2 is 1.89 bits per heavy atom. The highest BCUT2D eigenvalue weighted by Crippen LogP contribution is 2.41. The Morgan fingerprint density at radius 1 is 1.14 bits per heavy atom. The number of hydrogen-bond donors (Lipinski definition) is 0. The molecule has 1 heterocycles. The monoisotopic (exact) mass is 379 g/mol. The summed E-state index contributed by atoms with van der Waals surface area (Å²) in [6, 6.07) is 9.87. The second kappa shape index (κ2) is 7.80. The molecular weight excluding hydrogens is 354 g/mol. The fourth-order valence-corrected chi connectivity index (χ4v) is 3.28. The van der Waals surface area contributed by atoms with E-state index in [4.69, 9.17) is 13.9 Å². The van der Waals surface area contributed by atoms with Crippen LogP contribution in [0.4, 0.5) is 0 Å². The lowest BCUT2D eigenvalue weighted by molar-refractivity contribution is -0.123. The van der Waals surface area contributed by atoms with E-state index < -0.39 is 0 Å². The van der Waals surface area contributed by atoms with E-state index in [1.165, 1.54) is 0 Å². The van der Waals surface area contributed by atoms with Gasteiger partial charge in [-0.3, -0.25) is 4.79 Å². The predicted octanol–water partition coefficient (Wildman–Crippen LogP) is 4.92. The number of hydrogen-bond acceptors (Lipinski definition) is 4. The van der Waals surface area contributed by atoms with Gasteiger partial charge in [0.05, 0.1) is 20.5 Å². The topological polar surface area (TPSA) is 51.9 Å². The van der Waals surface area contributed by atoms with Crippen LogP contribution in [0.3, 0.4) is 0 Å². The standard InChI is InChI=1S/C23H25NO4/c1-14(10-21(25)24(3)4)18-12-19-20(16-8-7-9-17(11-16)26-5)13-28-23(19)15(2)22(18)27-6/h7-13H,1-6H3/b14-10+. The summed E-state index contributed by atoms with van der Waals surface area (Å²) in [5.74, 6) is 1.42. The zero-order valence-corrected chi connectivity index (χ0v) is 17.1. The number of aryl methyl sites for hydroxylation is 1. The van der Waals surface area contributed by atoms with Gasteiger partial charge in [-0.25, -0.2) is 0 Å². The number of allylic oxidation sites excluding steroid dienone is 1. The van der Waals surface area contributed by atoms with Crippen molar-refractivity contribution in [2.75, 3.05) is 28.3 Å². The third-order valence-electron chi connectivity index (χ3n) is 4.83. The van der Waals surface area contributed by atoms with Crippen LogP contribution >= 0.6 is 0 Å². The number of carbonyl (C=O) groups is 1. The number of nitrogens with zero attached hydrogens (tertiary/aromatic N) is 1. The highest BCUT2D eigenvalue weighted by molar-refractivity contribution is 6.01. The Labute approximate surface area is 165 Å². The van der Waals surface area contributed by atoms with Crippen molar-refractivity contribution < 1.29 is 18.7 Å². The molecule has 3 rings (SSSR count). The summed E-state index contributed by atoms with van der Waals surface area (Å²) in [5, 5.41) is 0.964. The molecule has 0 spiro atoms. The highest BCUT2D eigenvalue weighted by atomic mass is 16.5. The van der Waals surface area contributed by atoms with E-state index in [1.54, 1.807) is 45.6 Å². The molecule has 28 heavy (non-hydrogen) atoms. The first kappa shape index (κ1) is 19.5. The van der Waals surface area contributed by atoms with Crippen molar-refractivity contribution >= 4 is 22.4 Å². The first-order chi connectivity index (χ1) is 13.4. The first-order valence-electron chi connectivity index (χ1n) is 9.00. The molecule has 0 bridgehead atoms. The molecule has 5 nitrogen and oxygen atoms in total. The normalized spacial score (nSPS) is 11.6. The van der Waals surface area contributed by atoms with Crippen molar-refractivity contribution in [2.45, 2.75) is 13.8 Å². The van der Waals surface area contributed by atoms with Crippen LogP contribution in [0.25, 0.3) is 27.7 Å². The minimum Gasteiger partial charge on any atom is -0.497 e. The lowest BCUT2D eigenvalue weighted by atomic mass is 9.96. The van der Waals surface area contributed by atoms with Gasteiger partial charge in [0.2, 0.25) is 5.91 Å². The van der Waals surface area contributed by atoms with Crippen LogP contribution in [0.5, 0.6) is 11.5 Å². The zero-order chi connectivity index (χ0) is 20.4. The number of amides is 1. The molecule has 146 valence electrons. The Balaban J connectivity index is 2.24. The van der Waals surface area contributed by atoms with Crippen LogP contribution < -0.4 is 9.47 Å². The number of likely N-dealkylation sites (N-methyl/N-ethyl adjacent to an activating group) is 1. The fourth-order valence-electron chi connectivity index (χ4n) is 3.28. The second-order valence-electron chi connectivity index (χ2n) is 6.90. The number of ether oxygens (including phenoxy) is 2. The van der Waals surface area contributed by atoms with Crippen LogP contribution in [-0.4, -0.2) is 39.1 Å². The van der Waals surface area contributed by atoms with Gasteiger partial charge in [-0.2, -0.15) is 0 Å². The van der Waals surface area contributed by atoms with Crippen molar-refractivity contribution in [3.8, 4) is 22.6 Å². The van der Waals surface area contributed by atoms with Gasteiger partial charge in [-0.1, -0.05) is 12.1 Å². The summed E-state index contributed by atoms with van der Waals surface area (Å²) in [5.41, 5.74) is 5.33. The number of fused-ring (bicyclic) bond motifs is 1. The maximum Gasteiger partial charge on any atom is 0.246 e. The van der Waals surface area contributed by atoms with Crippen molar-refractivity contribution in [1.82, 2.24) is 4.90 Å². The summed E-state index contributed by atoms with van der Waals surface area (Å²) in [6.07, 6.45) is 3.37. The molecule has 0 aliphatic carbocycles. The minimum atomic E-state index is -0.0717. The zero-order valence-electron chi connectivity index (χ0n) is 17.1. The van der Waals surface area contributed by atoms with E-state index in [9.17, 15) is 4.79 Å². The summed E-state index contributed by atoms with van der Waals surface area (Å²) < 4.78 is 16.9. The maximum absolute atomic E-state index is 12.2. The first-order valence-corrected chi connectivity index (χ1v) is 9.00. The molecule has 0 N–H and O–H groups in total. The summed E-state index contributed by atoms with van der Waals surface area (Å²) in [6.45, 7) is 3.88. The van der Waals surface area contributed by atoms with Crippen LogP contribution in [0, 0.1) is 6.92 Å². The van der Waals surface area contributed by atoms with Gasteiger partial charge in [0, 0.05) is 42.2 Å². The van der Waals surface area contributed by atoms with E-state index in [1.807, 2.05) is 44.2 Å². The molecular formula is C23H25NO4. The van der Waals surface area contributed by atoms with E-state index >= 15 is 0 Å². The van der Waals surface area contributed by atoms with E-state index in [0.717, 1.165) is 44.5 Å². The quantitative estimate of drug-likeness (QED) is 0.591. The average molecular weight is 379 g/mol. The van der Waals surface area contributed by atoms with Crippen molar-refractivity contribution in [3.63, 3.8) is 0 Å². The predicted molar refractivity (Wildman–Crippen MR) is 112 cm³/mol. The molecule has 0 aliphatic heterocycles. The van der Waals surface area contributed by atoms with Gasteiger partial charge in [-0.15, -0.1) is 0 Å². The van der Waals surface area contributed by atoms with Crippen LogP contribution in [0.1, 0.15) is 18.1 Å². The van der Waals surface area contributed by atoms with E-state index in [0.29, 0.717) is 5.75 Å². The molecule has 3 aromatic rings. The molecule has 1 amide bonds. The van der Waals surface area contributed by atoms with Gasteiger partial charge in [0.15, 0.2) is 0 Å². The fraction of sp³-hybridized carbons (Fsp3) is 0.261. The number of benzene rings is 2. The molecule has 5 heteroatoms. The lowest BCUT2D eigenvalue weighted by Gasteiger charge is -2.14. The minimum absolute atomic E-state index is 0.0717. The molecule has 0 saturated heterocycles. The molecule has 0 fully saturated rings. The molecule has 0 atom stereocenters. The maximum atomic E-state index is 12.2. The van der Waals surface area contributed by atoms with Gasteiger partial charge >= 0.3 is 0 Å². The Bertz CT molecular complexity index is 1060. The van der Waals surface area contributed by atoms with Crippen LogP contribution in [0.2, 0.25) is 0 Å². The average Bonchev–Trinajstić information content (AvgIpc) is 3.12. The van der Waals surface area contributed by atoms with Gasteiger partial charge in [-0.05, 0) is 43.2 Å². The Hall–Kier alpha value is -3.21. The van der Waals surface area contributed by atoms with E-state index in [-0.39, 0.29) is 5.91 Å². The molecule has 1 aromatic heterocycles. The van der Waals surface area contributed by atoms with Crippen molar-refractivity contribution in [2.24, 2.45) is 0 Å². The summed E-state index contributed by atoms with van der Waals surface area (Å²) >= 11 is 0. The second-order valence-corrected chi connectivity index (χ2v) is 6.90. The lowest BCUT2D eigenvalue weighted by Crippen LogP contribution is -2.19.